The maximum atomic E-state index is 4.18. The van der Waals surface area contributed by atoms with Crippen LogP contribution in [0, 0.1) is 0 Å². The highest BCUT2D eigenvalue weighted by molar-refractivity contribution is 5.51. The van der Waals surface area contributed by atoms with Gasteiger partial charge in [-0.15, -0.1) is 0 Å². The fourth-order valence-corrected chi connectivity index (χ4v) is 1.58. The van der Waals surface area contributed by atoms with Crippen LogP contribution in [0.25, 0.3) is 0 Å². The standard InChI is InChI=1S/C8H13N3/c1-2-3-7-6-4-5-9-8(6)11-10-7/h2-5H2,1H3,(H2,9,10,11). The van der Waals surface area contributed by atoms with E-state index in [0.717, 1.165) is 25.2 Å². The number of rotatable bonds is 2. The zero-order valence-corrected chi connectivity index (χ0v) is 6.78. The van der Waals surface area contributed by atoms with E-state index in [2.05, 4.69) is 22.4 Å². The van der Waals surface area contributed by atoms with Gasteiger partial charge in [-0.3, -0.25) is 5.10 Å². The topological polar surface area (TPSA) is 40.7 Å². The molecule has 0 aliphatic carbocycles. The number of hydrogen-bond donors (Lipinski definition) is 2. The number of hydrogen-bond acceptors (Lipinski definition) is 2. The molecule has 3 heteroatoms. The summed E-state index contributed by atoms with van der Waals surface area (Å²) in [5, 5.41) is 10.5. The van der Waals surface area contributed by atoms with Gasteiger partial charge < -0.3 is 5.32 Å². The van der Waals surface area contributed by atoms with Crippen LogP contribution in [0.3, 0.4) is 0 Å². The summed E-state index contributed by atoms with van der Waals surface area (Å²) in [6.45, 7) is 3.25. The molecule has 1 aliphatic heterocycles. The molecule has 2 rings (SSSR count). The molecule has 0 aromatic carbocycles. The Morgan fingerprint density at radius 2 is 2.45 bits per heavy atom. The summed E-state index contributed by atoms with van der Waals surface area (Å²) < 4.78 is 0. The van der Waals surface area contributed by atoms with Crippen LogP contribution in [0.2, 0.25) is 0 Å². The van der Waals surface area contributed by atoms with Crippen LogP contribution < -0.4 is 5.32 Å². The Balaban J connectivity index is 2.27. The van der Waals surface area contributed by atoms with E-state index < -0.39 is 0 Å². The van der Waals surface area contributed by atoms with Crippen LogP contribution in [0.15, 0.2) is 0 Å². The average molecular weight is 151 g/mol. The monoisotopic (exact) mass is 151 g/mol. The first kappa shape index (κ1) is 6.70. The molecule has 0 fully saturated rings. The van der Waals surface area contributed by atoms with Gasteiger partial charge in [0.15, 0.2) is 5.82 Å². The average Bonchev–Trinajstić information content (AvgIpc) is 2.53. The number of aromatic nitrogens is 2. The van der Waals surface area contributed by atoms with Crippen LogP contribution in [0.5, 0.6) is 0 Å². The third-order valence-corrected chi connectivity index (χ3v) is 2.12. The molecule has 0 atom stereocenters. The molecule has 0 saturated heterocycles. The molecule has 0 unspecified atom stereocenters. The zero-order valence-electron chi connectivity index (χ0n) is 6.78. The summed E-state index contributed by atoms with van der Waals surface area (Å²) in [5.41, 5.74) is 2.74. The number of aryl methyl sites for hydroxylation is 1. The van der Waals surface area contributed by atoms with Gasteiger partial charge in [0.2, 0.25) is 0 Å². The molecule has 2 heterocycles. The zero-order chi connectivity index (χ0) is 7.68. The number of nitrogens with zero attached hydrogens (tertiary/aromatic N) is 1. The van der Waals surface area contributed by atoms with E-state index in [-0.39, 0.29) is 0 Å². The molecule has 0 radical (unpaired) electrons. The second kappa shape index (κ2) is 2.57. The van der Waals surface area contributed by atoms with Crippen molar-refractivity contribution < 1.29 is 0 Å². The van der Waals surface area contributed by atoms with E-state index in [1.54, 1.807) is 0 Å². The van der Waals surface area contributed by atoms with Gasteiger partial charge in [-0.2, -0.15) is 5.10 Å². The number of anilines is 1. The van der Waals surface area contributed by atoms with E-state index in [4.69, 9.17) is 0 Å². The third kappa shape index (κ3) is 1.00. The van der Waals surface area contributed by atoms with Crippen LogP contribution in [-0.2, 0) is 12.8 Å². The van der Waals surface area contributed by atoms with Crippen LogP contribution in [0.1, 0.15) is 24.6 Å². The first-order valence-electron chi connectivity index (χ1n) is 4.21. The number of H-pyrrole nitrogens is 1. The van der Waals surface area contributed by atoms with Crippen LogP contribution in [0.4, 0.5) is 5.82 Å². The van der Waals surface area contributed by atoms with Gasteiger partial charge in [-0.1, -0.05) is 13.3 Å². The van der Waals surface area contributed by atoms with E-state index >= 15 is 0 Å². The van der Waals surface area contributed by atoms with Gasteiger partial charge in [0, 0.05) is 17.8 Å². The summed E-state index contributed by atoms with van der Waals surface area (Å²) in [6, 6.07) is 0. The number of nitrogens with one attached hydrogen (secondary N) is 2. The number of aromatic amines is 1. The molecule has 60 valence electrons. The molecule has 11 heavy (non-hydrogen) atoms. The quantitative estimate of drug-likeness (QED) is 0.669. The van der Waals surface area contributed by atoms with Crippen molar-refractivity contribution in [2.45, 2.75) is 26.2 Å². The van der Waals surface area contributed by atoms with Crippen molar-refractivity contribution in [1.82, 2.24) is 10.2 Å². The second-order valence-electron chi connectivity index (χ2n) is 2.96. The lowest BCUT2D eigenvalue weighted by molar-refractivity contribution is 0.847. The Hall–Kier alpha value is -0.990. The van der Waals surface area contributed by atoms with Crippen molar-refractivity contribution in [3.05, 3.63) is 11.3 Å². The van der Waals surface area contributed by atoms with E-state index in [0.29, 0.717) is 0 Å². The molecule has 3 nitrogen and oxygen atoms in total. The van der Waals surface area contributed by atoms with Gasteiger partial charge in [0.25, 0.3) is 0 Å². The molecule has 1 aromatic rings. The Morgan fingerprint density at radius 1 is 1.55 bits per heavy atom. The smallest absolute Gasteiger partial charge is 0.151 e. The molecule has 0 bridgehead atoms. The first-order chi connectivity index (χ1) is 5.42. The fourth-order valence-electron chi connectivity index (χ4n) is 1.58. The summed E-state index contributed by atoms with van der Waals surface area (Å²) in [5.74, 6) is 1.08. The largest absolute Gasteiger partial charge is 0.368 e. The summed E-state index contributed by atoms with van der Waals surface area (Å²) in [7, 11) is 0. The Kier molecular flexibility index (Phi) is 1.56. The minimum absolute atomic E-state index is 1.06. The normalized spacial score (nSPS) is 14.6. The maximum absolute atomic E-state index is 4.18. The van der Waals surface area contributed by atoms with Crippen molar-refractivity contribution in [2.75, 3.05) is 11.9 Å². The van der Waals surface area contributed by atoms with Crippen molar-refractivity contribution in [3.63, 3.8) is 0 Å². The summed E-state index contributed by atoms with van der Waals surface area (Å²) in [4.78, 5) is 0. The fraction of sp³-hybridized carbons (Fsp3) is 0.625. The van der Waals surface area contributed by atoms with Crippen molar-refractivity contribution >= 4 is 5.82 Å². The van der Waals surface area contributed by atoms with Gasteiger partial charge >= 0.3 is 0 Å². The first-order valence-corrected chi connectivity index (χ1v) is 4.21. The molecular formula is C8H13N3. The van der Waals surface area contributed by atoms with Gasteiger partial charge in [-0.05, 0) is 12.8 Å². The highest BCUT2D eigenvalue weighted by Crippen LogP contribution is 2.22. The minimum atomic E-state index is 1.06. The van der Waals surface area contributed by atoms with E-state index in [1.807, 2.05) is 0 Å². The molecule has 2 N–H and O–H groups in total. The van der Waals surface area contributed by atoms with E-state index in [9.17, 15) is 0 Å². The van der Waals surface area contributed by atoms with Gasteiger partial charge in [0.05, 0.1) is 0 Å². The van der Waals surface area contributed by atoms with Gasteiger partial charge in [-0.25, -0.2) is 0 Å². The lowest BCUT2D eigenvalue weighted by Crippen LogP contribution is -1.95. The number of fused-ring (bicyclic) bond motifs is 1. The Labute approximate surface area is 66.2 Å². The molecular weight excluding hydrogens is 138 g/mol. The summed E-state index contributed by atoms with van der Waals surface area (Å²) in [6.07, 6.45) is 3.46. The lowest BCUT2D eigenvalue weighted by atomic mass is 10.1. The second-order valence-corrected chi connectivity index (χ2v) is 2.96. The predicted molar refractivity (Wildman–Crippen MR) is 44.8 cm³/mol. The third-order valence-electron chi connectivity index (χ3n) is 2.12. The predicted octanol–water partition coefficient (Wildman–Crippen LogP) is 1.33. The molecule has 1 aliphatic rings. The van der Waals surface area contributed by atoms with Crippen LogP contribution in [-0.4, -0.2) is 16.7 Å². The molecule has 0 saturated carbocycles. The van der Waals surface area contributed by atoms with Crippen molar-refractivity contribution in [2.24, 2.45) is 0 Å². The highest BCUT2D eigenvalue weighted by atomic mass is 15.2. The Morgan fingerprint density at radius 3 is 3.27 bits per heavy atom. The van der Waals surface area contributed by atoms with E-state index in [1.165, 1.54) is 17.7 Å². The molecule has 1 aromatic heterocycles. The van der Waals surface area contributed by atoms with Crippen LogP contribution >= 0.6 is 0 Å². The maximum Gasteiger partial charge on any atom is 0.151 e. The highest BCUT2D eigenvalue weighted by Gasteiger charge is 2.16. The molecule has 0 amide bonds. The minimum Gasteiger partial charge on any atom is -0.368 e. The van der Waals surface area contributed by atoms with Crippen molar-refractivity contribution in [1.29, 1.82) is 0 Å². The van der Waals surface area contributed by atoms with Crippen molar-refractivity contribution in [3.8, 4) is 0 Å². The SMILES string of the molecule is CCCc1[nH]nc2c1CCN2. The summed E-state index contributed by atoms with van der Waals surface area (Å²) >= 11 is 0. The van der Waals surface area contributed by atoms with Gasteiger partial charge in [0.1, 0.15) is 0 Å². The molecule has 0 spiro atoms. The lowest BCUT2D eigenvalue weighted by Gasteiger charge is -1.94. The Bertz CT molecular complexity index is 252.